The summed E-state index contributed by atoms with van der Waals surface area (Å²) >= 11 is 1.77. The summed E-state index contributed by atoms with van der Waals surface area (Å²) in [6, 6.07) is 10.5. The van der Waals surface area contributed by atoms with Crippen LogP contribution in [0.25, 0.3) is 10.4 Å². The number of methoxy groups -OCH3 is 1. The van der Waals surface area contributed by atoms with Crippen molar-refractivity contribution in [2.75, 3.05) is 20.3 Å². The average molecular weight is 276 g/mol. The number of ether oxygens (including phenoxy) is 1. The topological polar surface area (TPSA) is 34.2 Å². The number of aromatic nitrogens is 1. The lowest BCUT2D eigenvalue weighted by molar-refractivity contribution is 0.202. The summed E-state index contributed by atoms with van der Waals surface area (Å²) in [5.41, 5.74) is 2.39. The Morgan fingerprint density at radius 1 is 1.26 bits per heavy atom. The lowest BCUT2D eigenvalue weighted by atomic mass is 10.1. The maximum atomic E-state index is 5.13. The Bertz CT molecular complexity index is 496. The molecule has 0 aliphatic rings. The first-order valence-electron chi connectivity index (χ1n) is 6.58. The lowest BCUT2D eigenvalue weighted by Crippen LogP contribution is -2.12. The van der Waals surface area contributed by atoms with E-state index in [0.717, 1.165) is 36.8 Å². The number of nitrogens with zero attached hydrogens (tertiary/aromatic N) is 1. The van der Waals surface area contributed by atoms with Gasteiger partial charge in [-0.15, -0.1) is 11.3 Å². The molecule has 1 aromatic heterocycles. The molecule has 0 fully saturated rings. The normalized spacial score (nSPS) is 10.8. The summed E-state index contributed by atoms with van der Waals surface area (Å²) in [5.74, 6) is 0. The van der Waals surface area contributed by atoms with E-state index in [2.05, 4.69) is 36.5 Å². The average Bonchev–Trinajstić information content (AvgIpc) is 2.87. The molecule has 2 aromatic rings. The number of hydrogen-bond donors (Lipinski definition) is 1. The van der Waals surface area contributed by atoms with Gasteiger partial charge in [-0.2, -0.15) is 0 Å². The van der Waals surface area contributed by atoms with Crippen LogP contribution in [0.3, 0.4) is 0 Å². The van der Waals surface area contributed by atoms with Crippen molar-refractivity contribution in [3.63, 3.8) is 0 Å². The maximum absolute atomic E-state index is 5.13. The molecule has 19 heavy (non-hydrogen) atoms. The van der Waals surface area contributed by atoms with Crippen LogP contribution in [0.4, 0.5) is 0 Å². The lowest BCUT2D eigenvalue weighted by Gasteiger charge is -2.02. The van der Waals surface area contributed by atoms with Crippen LogP contribution < -0.4 is 5.32 Å². The molecule has 0 bridgehead atoms. The molecule has 4 heteroatoms. The molecule has 1 N–H and O–H groups in total. The van der Waals surface area contributed by atoms with Crippen LogP contribution in [0.15, 0.2) is 30.3 Å². The van der Waals surface area contributed by atoms with Crippen LogP contribution in [0, 0.1) is 0 Å². The molecule has 3 nitrogen and oxygen atoms in total. The monoisotopic (exact) mass is 276 g/mol. The van der Waals surface area contributed by atoms with Gasteiger partial charge in [-0.1, -0.05) is 37.3 Å². The fourth-order valence-electron chi connectivity index (χ4n) is 1.88. The van der Waals surface area contributed by atoms with Crippen molar-refractivity contribution in [3.05, 3.63) is 41.0 Å². The third-order valence-electron chi connectivity index (χ3n) is 2.84. The van der Waals surface area contributed by atoms with Crippen LogP contribution in [0.5, 0.6) is 0 Å². The zero-order valence-corrected chi connectivity index (χ0v) is 12.3. The van der Waals surface area contributed by atoms with Gasteiger partial charge in [-0.05, 0) is 12.1 Å². The van der Waals surface area contributed by atoms with Crippen molar-refractivity contribution >= 4 is 11.3 Å². The largest absolute Gasteiger partial charge is 0.384 e. The molecule has 0 unspecified atom stereocenters. The van der Waals surface area contributed by atoms with Crippen LogP contribution in [0.2, 0.25) is 0 Å². The Morgan fingerprint density at radius 3 is 2.74 bits per heavy atom. The Hall–Kier alpha value is -1.23. The standard InChI is InChI=1S/C15H20N2OS/c1-3-16-11-13-15(12-7-5-4-6-8-12)19-14(17-13)9-10-18-2/h4-8,16H,3,9-11H2,1-2H3. The second-order valence-electron chi connectivity index (χ2n) is 4.27. The number of rotatable bonds is 7. The highest BCUT2D eigenvalue weighted by Crippen LogP contribution is 2.30. The van der Waals surface area contributed by atoms with Gasteiger partial charge < -0.3 is 10.1 Å². The summed E-state index contributed by atoms with van der Waals surface area (Å²) in [6.45, 7) is 4.62. The Kier molecular flexibility index (Phi) is 5.51. The molecule has 1 heterocycles. The van der Waals surface area contributed by atoms with Gasteiger partial charge in [-0.3, -0.25) is 0 Å². The van der Waals surface area contributed by atoms with Gasteiger partial charge in [0.05, 0.1) is 22.2 Å². The van der Waals surface area contributed by atoms with Crippen molar-refractivity contribution in [1.82, 2.24) is 10.3 Å². The van der Waals surface area contributed by atoms with E-state index in [-0.39, 0.29) is 0 Å². The van der Waals surface area contributed by atoms with Crippen molar-refractivity contribution < 1.29 is 4.74 Å². The number of nitrogens with one attached hydrogen (secondary N) is 1. The molecule has 0 spiro atoms. The minimum Gasteiger partial charge on any atom is -0.384 e. The minimum absolute atomic E-state index is 0.725. The summed E-state index contributed by atoms with van der Waals surface area (Å²) in [4.78, 5) is 6.01. The van der Waals surface area contributed by atoms with E-state index >= 15 is 0 Å². The van der Waals surface area contributed by atoms with E-state index in [0.29, 0.717) is 0 Å². The van der Waals surface area contributed by atoms with E-state index < -0.39 is 0 Å². The summed E-state index contributed by atoms with van der Waals surface area (Å²) in [5, 5.41) is 4.50. The minimum atomic E-state index is 0.725. The highest BCUT2D eigenvalue weighted by Gasteiger charge is 2.12. The highest BCUT2D eigenvalue weighted by atomic mass is 32.1. The van der Waals surface area contributed by atoms with E-state index in [4.69, 9.17) is 9.72 Å². The first-order valence-corrected chi connectivity index (χ1v) is 7.40. The van der Waals surface area contributed by atoms with Gasteiger partial charge in [-0.25, -0.2) is 4.98 Å². The second-order valence-corrected chi connectivity index (χ2v) is 5.36. The first kappa shape index (κ1) is 14.2. The van der Waals surface area contributed by atoms with Crippen molar-refractivity contribution in [2.24, 2.45) is 0 Å². The van der Waals surface area contributed by atoms with E-state index in [1.54, 1.807) is 18.4 Å². The molecule has 102 valence electrons. The van der Waals surface area contributed by atoms with Crippen molar-refractivity contribution in [3.8, 4) is 10.4 Å². The smallest absolute Gasteiger partial charge is 0.0958 e. The quantitative estimate of drug-likeness (QED) is 0.843. The van der Waals surface area contributed by atoms with Crippen molar-refractivity contribution in [1.29, 1.82) is 0 Å². The SMILES string of the molecule is CCNCc1nc(CCOC)sc1-c1ccccc1. The molecule has 0 radical (unpaired) electrons. The van der Waals surface area contributed by atoms with E-state index in [1.165, 1.54) is 10.4 Å². The van der Waals surface area contributed by atoms with Gasteiger partial charge in [0.25, 0.3) is 0 Å². The number of thiazole rings is 1. The third-order valence-corrected chi connectivity index (χ3v) is 4.05. The fourth-order valence-corrected chi connectivity index (χ4v) is 2.94. The molecule has 1 aromatic carbocycles. The van der Waals surface area contributed by atoms with Gasteiger partial charge in [0.15, 0.2) is 0 Å². The molecule has 0 atom stereocenters. The predicted molar refractivity (Wildman–Crippen MR) is 80.5 cm³/mol. The summed E-state index contributed by atoms with van der Waals surface area (Å²) < 4.78 is 5.13. The predicted octanol–water partition coefficient (Wildman–Crippen LogP) is 3.11. The molecule has 0 amide bonds. The van der Waals surface area contributed by atoms with Gasteiger partial charge in [0, 0.05) is 20.1 Å². The molecule has 0 aliphatic heterocycles. The van der Waals surface area contributed by atoms with Gasteiger partial charge in [0.2, 0.25) is 0 Å². The molecular weight excluding hydrogens is 256 g/mol. The number of hydrogen-bond acceptors (Lipinski definition) is 4. The van der Waals surface area contributed by atoms with Crippen molar-refractivity contribution in [2.45, 2.75) is 19.9 Å². The Labute approximate surface area is 118 Å². The zero-order valence-electron chi connectivity index (χ0n) is 11.5. The summed E-state index contributed by atoms with van der Waals surface area (Å²) in [7, 11) is 1.73. The molecule has 0 saturated carbocycles. The highest BCUT2D eigenvalue weighted by molar-refractivity contribution is 7.15. The van der Waals surface area contributed by atoms with Crippen LogP contribution in [0.1, 0.15) is 17.6 Å². The van der Waals surface area contributed by atoms with E-state index in [1.807, 2.05) is 6.07 Å². The van der Waals surface area contributed by atoms with E-state index in [9.17, 15) is 0 Å². The van der Waals surface area contributed by atoms with Gasteiger partial charge >= 0.3 is 0 Å². The second kappa shape index (κ2) is 7.38. The first-order chi connectivity index (χ1) is 9.35. The molecule has 0 saturated heterocycles. The van der Waals surface area contributed by atoms with Crippen LogP contribution in [-0.4, -0.2) is 25.2 Å². The zero-order chi connectivity index (χ0) is 13.5. The molecular formula is C15H20N2OS. The van der Waals surface area contributed by atoms with Crippen LogP contribution >= 0.6 is 11.3 Å². The summed E-state index contributed by atoms with van der Waals surface area (Å²) in [6.07, 6.45) is 0.882. The Balaban J connectivity index is 2.25. The molecule has 2 rings (SSSR count). The third kappa shape index (κ3) is 3.86. The number of benzene rings is 1. The maximum Gasteiger partial charge on any atom is 0.0958 e. The fraction of sp³-hybridized carbons (Fsp3) is 0.400. The van der Waals surface area contributed by atoms with Gasteiger partial charge in [0.1, 0.15) is 0 Å². The molecule has 0 aliphatic carbocycles. The Morgan fingerprint density at radius 2 is 2.05 bits per heavy atom. The van der Waals surface area contributed by atoms with Crippen LogP contribution in [-0.2, 0) is 17.7 Å².